The van der Waals surface area contributed by atoms with Gasteiger partial charge in [-0.15, -0.1) is 0 Å². The van der Waals surface area contributed by atoms with E-state index in [4.69, 9.17) is 18.8 Å². The third-order valence-electron chi connectivity index (χ3n) is 6.46. The van der Waals surface area contributed by atoms with Gasteiger partial charge in [-0.25, -0.2) is 4.85 Å². The predicted molar refractivity (Wildman–Crippen MR) is 113 cm³/mol. The molecule has 0 atom stereocenters. The molecule has 3 heterocycles. The number of hydrogen-bond acceptors (Lipinski definition) is 5. The van der Waals surface area contributed by atoms with Crippen LogP contribution in [0, 0.1) is 28.5 Å². The fourth-order valence-electron chi connectivity index (χ4n) is 4.55. The molecule has 2 saturated heterocycles. The Labute approximate surface area is 172 Å². The number of hydrogen-bond donors (Lipinski definition) is 1. The van der Waals surface area contributed by atoms with E-state index in [9.17, 15) is 5.26 Å². The van der Waals surface area contributed by atoms with E-state index in [2.05, 4.69) is 37.6 Å². The maximum absolute atomic E-state index is 9.54. The van der Waals surface area contributed by atoms with Crippen molar-refractivity contribution in [1.29, 1.82) is 5.26 Å². The molecule has 3 fully saturated rings. The smallest absolute Gasteiger partial charge is 0.230 e. The Hall–Kier alpha value is -1.93. The van der Waals surface area contributed by atoms with Crippen LogP contribution in [0.25, 0.3) is 4.85 Å². The lowest BCUT2D eigenvalue weighted by molar-refractivity contribution is 0.129. The Bertz CT molecular complexity index is 859. The minimum absolute atomic E-state index is 0.337. The fraction of sp³-hybridized carbons (Fsp3) is 0.667. The summed E-state index contributed by atoms with van der Waals surface area (Å²) in [5.41, 5.74) is 2.04. The van der Waals surface area contributed by atoms with Crippen molar-refractivity contribution in [3.8, 4) is 6.07 Å². The number of nitriles is 1. The molecule has 1 aromatic heterocycles. The first-order valence-corrected chi connectivity index (χ1v) is 10.7. The van der Waals surface area contributed by atoms with Crippen molar-refractivity contribution >= 4 is 23.7 Å². The van der Waals surface area contributed by atoms with E-state index in [0.717, 1.165) is 56.1 Å². The van der Waals surface area contributed by atoms with Crippen molar-refractivity contribution in [1.82, 2.24) is 14.8 Å². The summed E-state index contributed by atoms with van der Waals surface area (Å²) in [5.74, 6) is 1.91. The van der Waals surface area contributed by atoms with Crippen LogP contribution >= 0.6 is 12.2 Å². The summed E-state index contributed by atoms with van der Waals surface area (Å²) in [6.45, 7) is 15.5. The molecule has 0 spiro atoms. The number of piperazine rings is 1. The quantitative estimate of drug-likeness (QED) is 0.623. The van der Waals surface area contributed by atoms with Crippen LogP contribution in [0.15, 0.2) is 0 Å². The number of H-pyrrole nitrogens is 1. The van der Waals surface area contributed by atoms with Gasteiger partial charge in [0, 0.05) is 45.8 Å². The van der Waals surface area contributed by atoms with Crippen LogP contribution in [0.5, 0.6) is 0 Å². The Balaban J connectivity index is 1.47. The molecule has 7 heteroatoms. The molecule has 1 N–H and O–H groups in total. The highest BCUT2D eigenvalue weighted by molar-refractivity contribution is 7.71. The zero-order chi connectivity index (χ0) is 19.7. The average molecular weight is 397 g/mol. The molecule has 28 heavy (non-hydrogen) atoms. The summed E-state index contributed by atoms with van der Waals surface area (Å²) in [6, 6.07) is 2.24. The number of likely N-dealkylation sites (N-methyl/N-ethyl adjacent to an activating group) is 1. The number of aromatic nitrogens is 1. The van der Waals surface area contributed by atoms with Crippen LogP contribution in [0.2, 0.25) is 0 Å². The van der Waals surface area contributed by atoms with Gasteiger partial charge in [-0.2, -0.15) is 5.26 Å². The summed E-state index contributed by atoms with van der Waals surface area (Å²) in [5, 5.41) is 9.54. The molecule has 2 aliphatic heterocycles. The van der Waals surface area contributed by atoms with Gasteiger partial charge >= 0.3 is 0 Å². The van der Waals surface area contributed by atoms with Crippen molar-refractivity contribution in [3.63, 3.8) is 0 Å². The first kappa shape index (κ1) is 19.4. The Morgan fingerprint density at radius 1 is 1.14 bits per heavy atom. The second-order valence-electron chi connectivity index (χ2n) is 8.47. The van der Waals surface area contributed by atoms with Gasteiger partial charge in [0.15, 0.2) is 0 Å². The summed E-state index contributed by atoms with van der Waals surface area (Å²) in [4.78, 5) is 14.4. The van der Waals surface area contributed by atoms with Gasteiger partial charge in [-0.05, 0) is 50.1 Å². The molecular formula is C21H28N6S. The molecule has 1 saturated carbocycles. The maximum Gasteiger partial charge on any atom is 0.230 e. The van der Waals surface area contributed by atoms with Gasteiger partial charge in [0.25, 0.3) is 0 Å². The van der Waals surface area contributed by atoms with Gasteiger partial charge < -0.3 is 19.7 Å². The third kappa shape index (κ3) is 3.93. The fourth-order valence-corrected chi connectivity index (χ4v) is 4.81. The molecule has 1 aromatic rings. The number of nitrogens with zero attached hydrogens (tertiary/aromatic N) is 5. The molecule has 4 rings (SSSR count). The average Bonchev–Trinajstić information content (AvgIpc) is 3.54. The Kier molecular flexibility index (Phi) is 5.68. The third-order valence-corrected chi connectivity index (χ3v) is 6.77. The van der Waals surface area contributed by atoms with Crippen molar-refractivity contribution in [3.05, 3.63) is 27.2 Å². The minimum atomic E-state index is 0.337. The van der Waals surface area contributed by atoms with Gasteiger partial charge in [0.05, 0.1) is 12.1 Å². The molecule has 3 aliphatic rings. The van der Waals surface area contributed by atoms with Crippen LogP contribution in [0.3, 0.4) is 0 Å². The van der Waals surface area contributed by atoms with Crippen LogP contribution in [0.4, 0.5) is 11.5 Å². The lowest BCUT2D eigenvalue weighted by Gasteiger charge is -2.38. The van der Waals surface area contributed by atoms with Crippen LogP contribution in [-0.2, 0) is 0 Å². The Morgan fingerprint density at radius 3 is 2.39 bits per heavy atom. The highest BCUT2D eigenvalue weighted by atomic mass is 32.1. The van der Waals surface area contributed by atoms with Gasteiger partial charge in [-0.1, -0.05) is 12.2 Å². The molecule has 0 bridgehead atoms. The number of anilines is 1. The highest BCUT2D eigenvalue weighted by Crippen LogP contribution is 2.49. The Morgan fingerprint density at radius 2 is 1.82 bits per heavy atom. The van der Waals surface area contributed by atoms with E-state index in [1.54, 1.807) is 0 Å². The molecule has 6 nitrogen and oxygen atoms in total. The second-order valence-corrected chi connectivity index (χ2v) is 8.88. The number of rotatable bonds is 4. The normalized spacial score (nSPS) is 22.0. The van der Waals surface area contributed by atoms with E-state index in [0.29, 0.717) is 21.8 Å². The van der Waals surface area contributed by atoms with Crippen LogP contribution in [-0.4, -0.2) is 67.6 Å². The van der Waals surface area contributed by atoms with Crippen molar-refractivity contribution in [2.45, 2.75) is 31.6 Å². The molecule has 148 valence electrons. The van der Waals surface area contributed by atoms with Gasteiger partial charge in [0.2, 0.25) is 5.69 Å². The van der Waals surface area contributed by atoms with Crippen molar-refractivity contribution < 1.29 is 0 Å². The molecule has 0 aromatic carbocycles. The number of pyridine rings is 1. The topological polar surface area (TPSA) is 53.7 Å². The van der Waals surface area contributed by atoms with Gasteiger partial charge in [-0.3, -0.25) is 0 Å². The monoisotopic (exact) mass is 396 g/mol. The molecule has 1 aliphatic carbocycles. The number of nitrogens with one attached hydrogen (secondary N) is 1. The summed E-state index contributed by atoms with van der Waals surface area (Å²) in [7, 11) is 2.20. The number of piperidine rings is 1. The second kappa shape index (κ2) is 8.21. The van der Waals surface area contributed by atoms with E-state index in [1.165, 1.54) is 32.7 Å². The van der Waals surface area contributed by atoms with E-state index in [1.807, 2.05) is 0 Å². The largest absolute Gasteiger partial charge is 0.367 e. The summed E-state index contributed by atoms with van der Waals surface area (Å²) in [6.07, 6.45) is 4.40. The zero-order valence-electron chi connectivity index (χ0n) is 16.6. The molecule has 0 amide bonds. The first-order chi connectivity index (χ1) is 13.6. The highest BCUT2D eigenvalue weighted by Gasteiger charge is 2.33. The first-order valence-electron chi connectivity index (χ1n) is 10.3. The van der Waals surface area contributed by atoms with E-state index in [-0.39, 0.29) is 0 Å². The SMILES string of the molecule is [C-]#[N+]c1c(N2CCC(CN3CCN(C)CC3)CC2)[nH]c(=S)c(C#N)c1C1CC1. The summed E-state index contributed by atoms with van der Waals surface area (Å²) >= 11 is 5.47. The number of aromatic amines is 1. The standard InChI is InChI=1S/C21H28N6S/c1-23-19-18(16-3-4-16)17(13-22)21(28)24-20(19)27-7-5-15(6-8-27)14-26-11-9-25(2)10-12-26/h15-16H,3-12,14H2,2H3,(H,24,28). The van der Waals surface area contributed by atoms with E-state index < -0.39 is 0 Å². The van der Waals surface area contributed by atoms with Crippen LogP contribution in [0.1, 0.15) is 42.7 Å². The predicted octanol–water partition coefficient (Wildman–Crippen LogP) is 3.51. The van der Waals surface area contributed by atoms with Crippen molar-refractivity contribution in [2.75, 3.05) is 57.8 Å². The minimum Gasteiger partial charge on any atom is -0.367 e. The van der Waals surface area contributed by atoms with Crippen LogP contribution < -0.4 is 4.90 Å². The van der Waals surface area contributed by atoms with Gasteiger partial charge in [0.1, 0.15) is 16.5 Å². The molecule has 0 radical (unpaired) electrons. The molecule has 0 unspecified atom stereocenters. The zero-order valence-corrected chi connectivity index (χ0v) is 17.4. The lowest BCUT2D eigenvalue weighted by atomic mass is 9.95. The maximum atomic E-state index is 9.54. The lowest BCUT2D eigenvalue weighted by Crippen LogP contribution is -2.47. The molecular weight excluding hydrogens is 368 g/mol. The van der Waals surface area contributed by atoms with E-state index >= 15 is 0 Å². The van der Waals surface area contributed by atoms with Crippen molar-refractivity contribution in [2.24, 2.45) is 5.92 Å². The summed E-state index contributed by atoms with van der Waals surface area (Å²) < 4.78 is 0.492.